The number of carbonyl (C=O) groups is 1. The smallest absolute Gasteiger partial charge is 0.315 e. The third kappa shape index (κ3) is 4.24. The molecule has 2 aromatic carbocycles. The molecule has 2 aromatic rings. The van der Waals surface area contributed by atoms with E-state index < -0.39 is 41.4 Å². The van der Waals surface area contributed by atoms with Crippen molar-refractivity contribution in [2.75, 3.05) is 0 Å². The fraction of sp³-hybridized carbons (Fsp3) is 0.235. The fourth-order valence-corrected chi connectivity index (χ4v) is 2.23. The first-order valence-electron chi connectivity index (χ1n) is 7.25. The second-order valence-corrected chi connectivity index (χ2v) is 5.40. The quantitative estimate of drug-likeness (QED) is 0.798. The number of amides is 2. The van der Waals surface area contributed by atoms with E-state index in [9.17, 15) is 22.4 Å². The normalized spacial score (nSPS) is 13.2. The molecule has 0 fully saturated rings. The minimum Gasteiger partial charge on any atom is -0.332 e. The number of hydrogen-bond donors (Lipinski definition) is 2. The molecule has 3 nitrogen and oxygen atoms in total. The first kappa shape index (κ1) is 17.8. The van der Waals surface area contributed by atoms with Crippen LogP contribution in [0, 0.1) is 23.3 Å². The Hall–Kier alpha value is -2.57. The van der Waals surface area contributed by atoms with E-state index >= 15 is 0 Å². The van der Waals surface area contributed by atoms with Crippen molar-refractivity contribution < 1.29 is 22.4 Å². The van der Waals surface area contributed by atoms with Crippen LogP contribution in [0.3, 0.4) is 0 Å². The highest BCUT2D eigenvalue weighted by Crippen LogP contribution is 2.19. The zero-order chi connectivity index (χ0) is 17.9. The average Bonchev–Trinajstić information content (AvgIpc) is 2.49. The molecular formula is C17H16F4N2O. The van der Waals surface area contributed by atoms with E-state index in [-0.39, 0.29) is 5.56 Å². The highest BCUT2D eigenvalue weighted by Gasteiger charge is 2.16. The highest BCUT2D eigenvalue weighted by molar-refractivity contribution is 5.75. The van der Waals surface area contributed by atoms with E-state index in [0.29, 0.717) is 5.56 Å². The van der Waals surface area contributed by atoms with Crippen LogP contribution in [0.5, 0.6) is 0 Å². The molecule has 0 heterocycles. The summed E-state index contributed by atoms with van der Waals surface area (Å²) in [4.78, 5) is 12.0. The van der Waals surface area contributed by atoms with E-state index in [1.165, 1.54) is 19.1 Å². The van der Waals surface area contributed by atoms with Crippen LogP contribution in [-0.4, -0.2) is 6.03 Å². The minimum absolute atomic E-state index is 0.132. The van der Waals surface area contributed by atoms with Crippen LogP contribution in [0.25, 0.3) is 0 Å². The lowest BCUT2D eigenvalue weighted by Crippen LogP contribution is -2.38. The number of hydrogen-bond acceptors (Lipinski definition) is 1. The van der Waals surface area contributed by atoms with Gasteiger partial charge in [0, 0.05) is 11.6 Å². The number of nitrogens with one attached hydrogen (secondary N) is 2. The van der Waals surface area contributed by atoms with Crippen LogP contribution in [0.1, 0.15) is 37.1 Å². The molecule has 0 unspecified atom stereocenters. The van der Waals surface area contributed by atoms with Crippen molar-refractivity contribution >= 4 is 6.03 Å². The van der Waals surface area contributed by atoms with Crippen molar-refractivity contribution in [2.45, 2.75) is 25.9 Å². The Labute approximate surface area is 136 Å². The number of halogens is 4. The van der Waals surface area contributed by atoms with Gasteiger partial charge in [-0.15, -0.1) is 0 Å². The van der Waals surface area contributed by atoms with Crippen molar-refractivity contribution in [1.82, 2.24) is 10.6 Å². The molecule has 0 aliphatic heterocycles. The molecule has 128 valence electrons. The van der Waals surface area contributed by atoms with Gasteiger partial charge in [-0.2, -0.15) is 0 Å². The molecule has 2 N–H and O–H groups in total. The third-order valence-corrected chi connectivity index (χ3v) is 3.57. The Morgan fingerprint density at radius 3 is 2.12 bits per heavy atom. The standard InChI is InChI=1S/C17H16F4N2O/c1-9(11-3-6-14(19)16(21)7-11)22-17(24)23-10(2)13-5-4-12(18)8-15(13)20/h3-10H,1-2H3,(H2,22,23,24)/t9-,10+/m0/s1. The average molecular weight is 340 g/mol. The Bertz CT molecular complexity index is 751. The summed E-state index contributed by atoms with van der Waals surface area (Å²) in [5.41, 5.74) is 0.511. The highest BCUT2D eigenvalue weighted by atomic mass is 19.2. The Kier molecular flexibility index (Phi) is 5.43. The number of carbonyl (C=O) groups excluding carboxylic acids is 1. The lowest BCUT2D eigenvalue weighted by Gasteiger charge is -2.19. The molecule has 7 heteroatoms. The maximum Gasteiger partial charge on any atom is 0.315 e. The molecule has 0 spiro atoms. The Morgan fingerprint density at radius 1 is 0.833 bits per heavy atom. The molecule has 0 aliphatic rings. The van der Waals surface area contributed by atoms with Crippen LogP contribution >= 0.6 is 0 Å². The summed E-state index contributed by atoms with van der Waals surface area (Å²) in [6.07, 6.45) is 0. The molecule has 0 radical (unpaired) electrons. The van der Waals surface area contributed by atoms with E-state index in [1.54, 1.807) is 6.92 Å². The summed E-state index contributed by atoms with van der Waals surface area (Å²) >= 11 is 0. The zero-order valence-corrected chi connectivity index (χ0v) is 13.0. The predicted molar refractivity (Wildman–Crippen MR) is 81.2 cm³/mol. The molecule has 2 atom stereocenters. The van der Waals surface area contributed by atoms with Crippen molar-refractivity contribution in [3.05, 3.63) is 70.8 Å². The van der Waals surface area contributed by atoms with Crippen LogP contribution in [-0.2, 0) is 0 Å². The van der Waals surface area contributed by atoms with Gasteiger partial charge in [0.05, 0.1) is 12.1 Å². The summed E-state index contributed by atoms with van der Waals surface area (Å²) < 4.78 is 52.7. The van der Waals surface area contributed by atoms with Crippen molar-refractivity contribution in [3.8, 4) is 0 Å². The molecule has 2 rings (SSSR count). The van der Waals surface area contributed by atoms with Gasteiger partial charge >= 0.3 is 6.03 Å². The van der Waals surface area contributed by atoms with Gasteiger partial charge in [0.2, 0.25) is 0 Å². The summed E-state index contributed by atoms with van der Waals surface area (Å²) in [6.45, 7) is 3.13. The van der Waals surface area contributed by atoms with Crippen LogP contribution < -0.4 is 10.6 Å². The number of benzene rings is 2. The van der Waals surface area contributed by atoms with Gasteiger partial charge in [-0.3, -0.25) is 0 Å². The van der Waals surface area contributed by atoms with E-state index in [1.807, 2.05) is 0 Å². The summed E-state index contributed by atoms with van der Waals surface area (Å²) in [5.74, 6) is -3.46. The molecule has 0 aromatic heterocycles. The lowest BCUT2D eigenvalue weighted by atomic mass is 10.1. The van der Waals surface area contributed by atoms with Crippen molar-refractivity contribution in [1.29, 1.82) is 0 Å². The maximum atomic E-state index is 13.7. The SMILES string of the molecule is C[C@H](NC(=O)N[C@H](C)c1ccc(F)cc1F)c1ccc(F)c(F)c1. The molecule has 2 amide bonds. The van der Waals surface area contributed by atoms with Crippen molar-refractivity contribution in [3.63, 3.8) is 0 Å². The molecule has 0 saturated carbocycles. The first-order chi connectivity index (χ1) is 11.3. The minimum atomic E-state index is -1.01. The van der Waals surface area contributed by atoms with Gasteiger partial charge in [0.25, 0.3) is 0 Å². The largest absolute Gasteiger partial charge is 0.332 e. The summed E-state index contributed by atoms with van der Waals surface area (Å²) in [5, 5.41) is 5.04. The van der Waals surface area contributed by atoms with Crippen LogP contribution in [0.4, 0.5) is 22.4 Å². The Balaban J connectivity index is 2.00. The van der Waals surface area contributed by atoms with Crippen LogP contribution in [0.15, 0.2) is 36.4 Å². The fourth-order valence-electron chi connectivity index (χ4n) is 2.23. The van der Waals surface area contributed by atoms with E-state index in [0.717, 1.165) is 24.3 Å². The van der Waals surface area contributed by atoms with Gasteiger partial charge in [-0.1, -0.05) is 12.1 Å². The predicted octanol–water partition coefficient (Wildman–Crippen LogP) is 4.36. The Morgan fingerprint density at radius 2 is 1.50 bits per heavy atom. The van der Waals surface area contributed by atoms with Gasteiger partial charge in [-0.25, -0.2) is 22.4 Å². The topological polar surface area (TPSA) is 41.1 Å². The van der Waals surface area contributed by atoms with E-state index in [4.69, 9.17) is 0 Å². The second-order valence-electron chi connectivity index (χ2n) is 5.40. The van der Waals surface area contributed by atoms with Crippen LogP contribution in [0.2, 0.25) is 0 Å². The monoisotopic (exact) mass is 340 g/mol. The lowest BCUT2D eigenvalue weighted by molar-refractivity contribution is 0.234. The van der Waals surface area contributed by atoms with Crippen molar-refractivity contribution in [2.24, 2.45) is 0 Å². The maximum absolute atomic E-state index is 13.7. The third-order valence-electron chi connectivity index (χ3n) is 3.57. The summed E-state index contributed by atoms with van der Waals surface area (Å²) in [6, 6.07) is 4.46. The van der Waals surface area contributed by atoms with E-state index in [2.05, 4.69) is 10.6 Å². The zero-order valence-electron chi connectivity index (χ0n) is 13.0. The van der Waals surface area contributed by atoms with Gasteiger partial charge in [-0.05, 0) is 37.6 Å². The second kappa shape index (κ2) is 7.33. The van der Waals surface area contributed by atoms with Gasteiger partial charge in [0.1, 0.15) is 11.6 Å². The first-order valence-corrected chi connectivity index (χ1v) is 7.25. The van der Waals surface area contributed by atoms with Gasteiger partial charge < -0.3 is 10.6 Å². The molecule has 0 saturated heterocycles. The molecule has 0 bridgehead atoms. The molecular weight excluding hydrogens is 324 g/mol. The number of urea groups is 1. The summed E-state index contributed by atoms with van der Waals surface area (Å²) in [7, 11) is 0. The van der Waals surface area contributed by atoms with Gasteiger partial charge in [0.15, 0.2) is 11.6 Å². The molecule has 0 aliphatic carbocycles. The molecule has 24 heavy (non-hydrogen) atoms. The number of rotatable bonds is 4.